The average Bonchev–Trinajstić information content (AvgIpc) is 1.35. The Labute approximate surface area is 44.0 Å². The van der Waals surface area contributed by atoms with E-state index in [1.54, 1.807) is 7.11 Å². The van der Waals surface area contributed by atoms with Crippen molar-refractivity contribution in [1.82, 2.24) is 0 Å². The van der Waals surface area contributed by atoms with Gasteiger partial charge in [-0.25, -0.2) is 0 Å². The number of hydrogen-bond donors (Lipinski definition) is 0. The van der Waals surface area contributed by atoms with Crippen molar-refractivity contribution in [2.24, 2.45) is 5.92 Å². The Morgan fingerprint density at radius 2 is 1.86 bits per heavy atom. The summed E-state index contributed by atoms with van der Waals surface area (Å²) in [6.07, 6.45) is 0. The molecule has 0 saturated heterocycles. The van der Waals surface area contributed by atoms with Gasteiger partial charge in [-0.2, -0.15) is 0 Å². The zero-order valence-electron chi connectivity index (χ0n) is 5.10. The van der Waals surface area contributed by atoms with Crippen molar-refractivity contribution in [1.29, 1.82) is 0 Å². The monoisotopic (exact) mass is 108 g/mol. The highest BCUT2D eigenvalue weighted by atomic mass is 19.0. The van der Waals surface area contributed by atoms with Crippen molar-refractivity contribution >= 4 is 0 Å². The van der Waals surface area contributed by atoms with Crippen LogP contribution in [-0.4, -0.2) is 13.7 Å². The first-order valence-electron chi connectivity index (χ1n) is 2.26. The molecular weight excluding hydrogens is 95.1 g/mol. The van der Waals surface area contributed by atoms with E-state index >= 15 is 0 Å². The normalized spacial score (nSPS) is 8.57. The van der Waals surface area contributed by atoms with Gasteiger partial charge < -0.3 is 4.74 Å². The van der Waals surface area contributed by atoms with Crippen LogP contribution in [0.25, 0.3) is 0 Å². The fourth-order valence-corrected chi connectivity index (χ4v) is 0.333. The topological polar surface area (TPSA) is 9.23 Å². The third kappa shape index (κ3) is 10.7. The number of ether oxygens (including phenoxy) is 1. The van der Waals surface area contributed by atoms with E-state index in [1.807, 2.05) is 0 Å². The molecule has 0 heterocycles. The lowest BCUT2D eigenvalue weighted by atomic mass is 10.2. The minimum Gasteiger partial charge on any atom is -0.384 e. The second-order valence-electron chi connectivity index (χ2n) is 1.85. The fourth-order valence-electron chi connectivity index (χ4n) is 0.333. The van der Waals surface area contributed by atoms with Crippen molar-refractivity contribution in [3.63, 3.8) is 0 Å². The summed E-state index contributed by atoms with van der Waals surface area (Å²) in [6.45, 7) is 5.13. The number of rotatable bonds is 2. The molecule has 2 heteroatoms. The lowest BCUT2D eigenvalue weighted by molar-refractivity contribution is 0.167. The molecule has 0 aliphatic rings. The van der Waals surface area contributed by atoms with Crippen LogP contribution in [0.4, 0.5) is 4.70 Å². The Morgan fingerprint density at radius 1 is 1.43 bits per heavy atom. The summed E-state index contributed by atoms with van der Waals surface area (Å²) in [5.41, 5.74) is 0. The molecule has 46 valence electrons. The first-order chi connectivity index (χ1) is 2.77. The van der Waals surface area contributed by atoms with Gasteiger partial charge >= 0.3 is 0 Å². The van der Waals surface area contributed by atoms with Gasteiger partial charge in [-0.1, -0.05) is 13.8 Å². The van der Waals surface area contributed by atoms with Crippen molar-refractivity contribution in [2.75, 3.05) is 13.7 Å². The molecular formula is C5H13FO. The zero-order valence-corrected chi connectivity index (χ0v) is 5.10. The molecule has 0 radical (unpaired) electrons. The molecule has 1 nitrogen and oxygen atoms in total. The van der Waals surface area contributed by atoms with Gasteiger partial charge in [0.25, 0.3) is 0 Å². The second kappa shape index (κ2) is 5.89. The highest BCUT2D eigenvalue weighted by Crippen LogP contribution is 1.88. The smallest absolute Gasteiger partial charge is 0.0485 e. The molecule has 0 amide bonds. The van der Waals surface area contributed by atoms with Crippen LogP contribution in [0.1, 0.15) is 13.8 Å². The van der Waals surface area contributed by atoms with Gasteiger partial charge in [0, 0.05) is 13.7 Å². The predicted octanol–water partition coefficient (Wildman–Crippen LogP) is 1.44. The maximum absolute atomic E-state index is 4.80. The molecule has 0 fully saturated rings. The van der Waals surface area contributed by atoms with E-state index in [4.69, 9.17) is 4.74 Å². The molecule has 0 aliphatic heterocycles. The summed E-state index contributed by atoms with van der Waals surface area (Å²) in [5, 5.41) is 0. The maximum atomic E-state index is 4.80. The first kappa shape index (κ1) is 10.00. The minimum atomic E-state index is 0. The van der Waals surface area contributed by atoms with Gasteiger partial charge in [0.15, 0.2) is 0 Å². The van der Waals surface area contributed by atoms with E-state index in [0.29, 0.717) is 5.92 Å². The largest absolute Gasteiger partial charge is 0.384 e. The third-order valence-electron chi connectivity index (χ3n) is 0.500. The lowest BCUT2D eigenvalue weighted by Crippen LogP contribution is -1.96. The van der Waals surface area contributed by atoms with Gasteiger partial charge in [-0.3, -0.25) is 4.70 Å². The molecule has 0 aliphatic carbocycles. The van der Waals surface area contributed by atoms with Crippen molar-refractivity contribution in [3.05, 3.63) is 0 Å². The van der Waals surface area contributed by atoms with E-state index in [-0.39, 0.29) is 4.70 Å². The van der Waals surface area contributed by atoms with Crippen LogP contribution in [0.5, 0.6) is 0 Å². The quantitative estimate of drug-likeness (QED) is 0.520. The maximum Gasteiger partial charge on any atom is 0.0485 e. The summed E-state index contributed by atoms with van der Waals surface area (Å²) in [6, 6.07) is 0. The van der Waals surface area contributed by atoms with E-state index < -0.39 is 0 Å². The summed E-state index contributed by atoms with van der Waals surface area (Å²) in [4.78, 5) is 0. The summed E-state index contributed by atoms with van der Waals surface area (Å²) >= 11 is 0. The summed E-state index contributed by atoms with van der Waals surface area (Å²) in [5.74, 6) is 0.676. The zero-order chi connectivity index (χ0) is 4.99. The van der Waals surface area contributed by atoms with E-state index in [1.165, 1.54) is 0 Å². The molecule has 0 unspecified atom stereocenters. The Bertz CT molecular complexity index is 29.3. The van der Waals surface area contributed by atoms with Gasteiger partial charge in [-0.05, 0) is 5.92 Å². The SMILES string of the molecule is COCC(C)C.F. The summed E-state index contributed by atoms with van der Waals surface area (Å²) < 4.78 is 4.80. The van der Waals surface area contributed by atoms with Crippen LogP contribution in [0, 0.1) is 5.92 Å². The van der Waals surface area contributed by atoms with E-state index in [0.717, 1.165) is 6.61 Å². The van der Waals surface area contributed by atoms with Crippen molar-refractivity contribution < 1.29 is 9.44 Å². The fraction of sp³-hybridized carbons (Fsp3) is 1.00. The highest BCUT2D eigenvalue weighted by molar-refractivity contribution is 4.35. The molecule has 0 saturated carbocycles. The predicted molar refractivity (Wildman–Crippen MR) is 29.2 cm³/mol. The average molecular weight is 108 g/mol. The third-order valence-corrected chi connectivity index (χ3v) is 0.500. The molecule has 0 aromatic carbocycles. The van der Waals surface area contributed by atoms with Gasteiger partial charge in [0.1, 0.15) is 0 Å². The Morgan fingerprint density at radius 3 is 1.86 bits per heavy atom. The Hall–Kier alpha value is -0.110. The van der Waals surface area contributed by atoms with Crippen LogP contribution in [-0.2, 0) is 4.74 Å². The number of halogens is 1. The van der Waals surface area contributed by atoms with Gasteiger partial charge in [-0.15, -0.1) is 0 Å². The molecule has 0 bridgehead atoms. The molecule has 7 heavy (non-hydrogen) atoms. The van der Waals surface area contributed by atoms with Crippen LogP contribution < -0.4 is 0 Å². The van der Waals surface area contributed by atoms with Crippen LogP contribution in [0.2, 0.25) is 0 Å². The minimum absolute atomic E-state index is 0. The second-order valence-corrected chi connectivity index (χ2v) is 1.85. The van der Waals surface area contributed by atoms with Crippen molar-refractivity contribution in [3.8, 4) is 0 Å². The van der Waals surface area contributed by atoms with Crippen LogP contribution in [0.15, 0.2) is 0 Å². The van der Waals surface area contributed by atoms with Crippen LogP contribution in [0.3, 0.4) is 0 Å². The standard InChI is InChI=1S/C5H12O.FH/c1-5(2)4-6-3;/h5H,4H2,1-3H3;1H. The van der Waals surface area contributed by atoms with Crippen molar-refractivity contribution in [2.45, 2.75) is 13.8 Å². The van der Waals surface area contributed by atoms with E-state index in [2.05, 4.69) is 13.8 Å². The molecule has 0 aromatic rings. The number of hydrogen-bond acceptors (Lipinski definition) is 1. The molecule has 0 aromatic heterocycles. The number of methoxy groups -OCH3 is 1. The van der Waals surface area contributed by atoms with Gasteiger partial charge in [0.05, 0.1) is 0 Å². The highest BCUT2D eigenvalue weighted by Gasteiger charge is 1.85. The molecule has 0 spiro atoms. The van der Waals surface area contributed by atoms with E-state index in [9.17, 15) is 0 Å². The molecule has 0 N–H and O–H groups in total. The first-order valence-corrected chi connectivity index (χ1v) is 2.26. The Kier molecular flexibility index (Phi) is 8.41. The van der Waals surface area contributed by atoms with Crippen LogP contribution >= 0.6 is 0 Å². The summed E-state index contributed by atoms with van der Waals surface area (Å²) in [7, 11) is 1.72. The molecule has 0 atom stereocenters. The molecule has 0 rings (SSSR count). The Balaban J connectivity index is 0. The lowest BCUT2D eigenvalue weighted by Gasteiger charge is -1.97. The van der Waals surface area contributed by atoms with Gasteiger partial charge in [0.2, 0.25) is 0 Å².